The highest BCUT2D eigenvalue weighted by Crippen LogP contribution is 2.34. The van der Waals surface area contributed by atoms with Gasteiger partial charge in [-0.1, -0.05) is 37.3 Å². The number of hydrogen-bond acceptors (Lipinski definition) is 5. The van der Waals surface area contributed by atoms with Gasteiger partial charge in [-0.15, -0.1) is 0 Å². The SMILES string of the molecule is CCc1ccc(N=Cc2cc(N=Nc3ccccc3)cc(OC)c2O)cc1. The molecule has 0 aliphatic heterocycles. The molecule has 3 aromatic rings. The summed E-state index contributed by atoms with van der Waals surface area (Å²) in [5.41, 5.74) is 3.88. The van der Waals surface area contributed by atoms with Gasteiger partial charge in [-0.2, -0.15) is 10.2 Å². The average molecular weight is 359 g/mol. The molecule has 0 aromatic heterocycles. The quantitative estimate of drug-likeness (QED) is 0.425. The van der Waals surface area contributed by atoms with Crippen LogP contribution >= 0.6 is 0 Å². The van der Waals surface area contributed by atoms with E-state index < -0.39 is 0 Å². The van der Waals surface area contributed by atoms with Crippen molar-refractivity contribution < 1.29 is 9.84 Å². The standard InChI is InChI=1S/C22H21N3O2/c1-3-16-9-11-18(12-10-16)23-15-17-13-20(14-21(27-2)22(17)26)25-24-19-7-5-4-6-8-19/h4-15,26H,3H2,1-2H3. The van der Waals surface area contributed by atoms with Crippen molar-refractivity contribution in [1.82, 2.24) is 0 Å². The summed E-state index contributed by atoms with van der Waals surface area (Å²) < 4.78 is 5.25. The van der Waals surface area contributed by atoms with Crippen LogP contribution in [0.1, 0.15) is 18.1 Å². The number of aliphatic imine (C=N–C) groups is 1. The van der Waals surface area contributed by atoms with Gasteiger partial charge in [-0.3, -0.25) is 4.99 Å². The van der Waals surface area contributed by atoms with E-state index in [2.05, 4.69) is 22.1 Å². The lowest BCUT2D eigenvalue weighted by Crippen LogP contribution is -1.89. The third-order valence-corrected chi connectivity index (χ3v) is 4.04. The van der Waals surface area contributed by atoms with E-state index in [1.807, 2.05) is 54.6 Å². The van der Waals surface area contributed by atoms with E-state index >= 15 is 0 Å². The summed E-state index contributed by atoms with van der Waals surface area (Å²) in [6.45, 7) is 2.11. The van der Waals surface area contributed by atoms with Crippen molar-refractivity contribution in [3.8, 4) is 11.5 Å². The number of phenols is 1. The van der Waals surface area contributed by atoms with Gasteiger partial charge >= 0.3 is 0 Å². The number of phenolic OH excluding ortho intramolecular Hbond substituents is 1. The Bertz CT molecular complexity index is 949. The Hall–Kier alpha value is -3.47. The highest BCUT2D eigenvalue weighted by Gasteiger charge is 2.09. The molecule has 3 rings (SSSR count). The molecule has 0 aliphatic carbocycles. The zero-order valence-electron chi connectivity index (χ0n) is 15.3. The van der Waals surface area contributed by atoms with Gasteiger partial charge in [0.1, 0.15) is 0 Å². The van der Waals surface area contributed by atoms with Gasteiger partial charge in [-0.25, -0.2) is 0 Å². The molecule has 0 saturated heterocycles. The molecular formula is C22H21N3O2. The largest absolute Gasteiger partial charge is 0.504 e. The van der Waals surface area contributed by atoms with E-state index in [1.54, 1.807) is 18.3 Å². The fourth-order valence-corrected chi connectivity index (χ4v) is 2.50. The number of nitrogens with zero attached hydrogens (tertiary/aromatic N) is 3. The van der Waals surface area contributed by atoms with Crippen LogP contribution in [0.5, 0.6) is 11.5 Å². The molecule has 3 aromatic carbocycles. The number of methoxy groups -OCH3 is 1. The first-order valence-electron chi connectivity index (χ1n) is 8.70. The van der Waals surface area contributed by atoms with E-state index in [4.69, 9.17) is 4.74 Å². The molecule has 5 nitrogen and oxygen atoms in total. The Morgan fingerprint density at radius 2 is 1.59 bits per heavy atom. The lowest BCUT2D eigenvalue weighted by Gasteiger charge is -2.07. The van der Waals surface area contributed by atoms with Gasteiger partial charge in [0.05, 0.1) is 24.2 Å². The van der Waals surface area contributed by atoms with Crippen LogP contribution in [0.4, 0.5) is 17.1 Å². The number of ether oxygens (including phenoxy) is 1. The summed E-state index contributed by atoms with van der Waals surface area (Å²) in [6.07, 6.45) is 2.58. The van der Waals surface area contributed by atoms with Crippen LogP contribution in [0.25, 0.3) is 0 Å². The number of benzene rings is 3. The number of aromatic hydroxyl groups is 1. The van der Waals surface area contributed by atoms with Crippen LogP contribution in [-0.2, 0) is 6.42 Å². The Labute approximate surface area is 158 Å². The third-order valence-electron chi connectivity index (χ3n) is 4.04. The van der Waals surface area contributed by atoms with E-state index in [1.165, 1.54) is 12.7 Å². The van der Waals surface area contributed by atoms with Gasteiger partial charge in [0.25, 0.3) is 0 Å². The maximum absolute atomic E-state index is 10.4. The van der Waals surface area contributed by atoms with Crippen molar-refractivity contribution in [3.05, 3.63) is 77.9 Å². The molecule has 0 spiro atoms. The monoisotopic (exact) mass is 359 g/mol. The molecule has 0 aliphatic rings. The Morgan fingerprint density at radius 3 is 2.26 bits per heavy atom. The topological polar surface area (TPSA) is 66.5 Å². The molecule has 1 N–H and O–H groups in total. The maximum atomic E-state index is 10.4. The minimum atomic E-state index is 0.0186. The summed E-state index contributed by atoms with van der Waals surface area (Å²) in [6, 6.07) is 20.8. The van der Waals surface area contributed by atoms with E-state index in [0.717, 1.165) is 17.8 Å². The van der Waals surface area contributed by atoms with Gasteiger partial charge in [0, 0.05) is 17.8 Å². The van der Waals surface area contributed by atoms with Crippen LogP contribution in [0.2, 0.25) is 0 Å². The Kier molecular flexibility index (Phi) is 5.94. The van der Waals surface area contributed by atoms with Gasteiger partial charge in [-0.05, 0) is 42.3 Å². The number of hydrogen-bond donors (Lipinski definition) is 1. The molecule has 0 bridgehead atoms. The molecule has 5 heteroatoms. The molecule has 0 radical (unpaired) electrons. The van der Waals surface area contributed by atoms with E-state index in [-0.39, 0.29) is 5.75 Å². The van der Waals surface area contributed by atoms with Crippen LogP contribution in [0.3, 0.4) is 0 Å². The summed E-state index contributed by atoms with van der Waals surface area (Å²) in [5, 5.41) is 18.8. The van der Waals surface area contributed by atoms with Crippen molar-refractivity contribution in [2.24, 2.45) is 15.2 Å². The summed E-state index contributed by atoms with van der Waals surface area (Å²) >= 11 is 0. The van der Waals surface area contributed by atoms with Crippen molar-refractivity contribution >= 4 is 23.3 Å². The molecule has 0 heterocycles. The minimum Gasteiger partial charge on any atom is -0.504 e. The first-order chi connectivity index (χ1) is 13.2. The number of aryl methyl sites for hydroxylation is 1. The minimum absolute atomic E-state index is 0.0186. The Morgan fingerprint density at radius 1 is 0.889 bits per heavy atom. The molecule has 0 saturated carbocycles. The number of rotatable bonds is 6. The van der Waals surface area contributed by atoms with Crippen LogP contribution in [-0.4, -0.2) is 18.4 Å². The fourth-order valence-electron chi connectivity index (χ4n) is 2.50. The molecule has 136 valence electrons. The molecule has 27 heavy (non-hydrogen) atoms. The normalized spacial score (nSPS) is 11.3. The smallest absolute Gasteiger partial charge is 0.166 e. The maximum Gasteiger partial charge on any atom is 0.166 e. The third kappa shape index (κ3) is 4.79. The summed E-state index contributed by atoms with van der Waals surface area (Å²) in [4.78, 5) is 4.43. The second kappa shape index (κ2) is 8.76. The van der Waals surface area contributed by atoms with Crippen LogP contribution in [0, 0.1) is 0 Å². The van der Waals surface area contributed by atoms with E-state index in [0.29, 0.717) is 17.0 Å². The van der Waals surface area contributed by atoms with Crippen LogP contribution in [0.15, 0.2) is 82.0 Å². The molecular weight excluding hydrogens is 338 g/mol. The highest BCUT2D eigenvalue weighted by atomic mass is 16.5. The van der Waals surface area contributed by atoms with Gasteiger partial charge in [0.15, 0.2) is 11.5 Å². The highest BCUT2D eigenvalue weighted by molar-refractivity contribution is 5.88. The summed E-state index contributed by atoms with van der Waals surface area (Å²) in [5.74, 6) is 0.340. The van der Waals surface area contributed by atoms with Gasteiger partial charge < -0.3 is 9.84 Å². The first-order valence-corrected chi connectivity index (χ1v) is 8.70. The summed E-state index contributed by atoms with van der Waals surface area (Å²) in [7, 11) is 1.50. The van der Waals surface area contributed by atoms with Crippen molar-refractivity contribution in [3.63, 3.8) is 0 Å². The predicted octanol–water partition coefficient (Wildman–Crippen LogP) is 6.13. The predicted molar refractivity (Wildman–Crippen MR) is 108 cm³/mol. The van der Waals surface area contributed by atoms with Gasteiger partial charge in [0.2, 0.25) is 0 Å². The number of azo groups is 1. The van der Waals surface area contributed by atoms with Crippen molar-refractivity contribution in [2.45, 2.75) is 13.3 Å². The molecule has 0 fully saturated rings. The second-order valence-electron chi connectivity index (χ2n) is 5.90. The second-order valence-corrected chi connectivity index (χ2v) is 5.90. The van der Waals surface area contributed by atoms with E-state index in [9.17, 15) is 5.11 Å². The first kappa shape index (κ1) is 18.3. The van der Waals surface area contributed by atoms with Crippen molar-refractivity contribution in [1.29, 1.82) is 0 Å². The van der Waals surface area contributed by atoms with Crippen LogP contribution < -0.4 is 4.74 Å². The average Bonchev–Trinajstić information content (AvgIpc) is 2.73. The zero-order chi connectivity index (χ0) is 19.1. The fraction of sp³-hybridized carbons (Fsp3) is 0.136. The van der Waals surface area contributed by atoms with Crippen molar-refractivity contribution in [2.75, 3.05) is 7.11 Å². The lowest BCUT2D eigenvalue weighted by atomic mass is 10.1. The lowest BCUT2D eigenvalue weighted by molar-refractivity contribution is 0.373. The molecule has 0 atom stereocenters. The Balaban J connectivity index is 1.89. The zero-order valence-corrected chi connectivity index (χ0v) is 15.3. The molecule has 0 amide bonds. The molecule has 0 unspecified atom stereocenters.